The van der Waals surface area contributed by atoms with Crippen molar-refractivity contribution in [2.75, 3.05) is 46.9 Å². The Morgan fingerprint density at radius 3 is 2.75 bits per heavy atom. The number of methoxy groups -OCH3 is 1. The van der Waals surface area contributed by atoms with Gasteiger partial charge in [0.2, 0.25) is 0 Å². The van der Waals surface area contributed by atoms with Crippen molar-refractivity contribution in [2.45, 2.75) is 26.3 Å². The van der Waals surface area contributed by atoms with Gasteiger partial charge < -0.3 is 15.0 Å². The molecule has 0 radical (unpaired) electrons. The van der Waals surface area contributed by atoms with Gasteiger partial charge in [-0.1, -0.05) is 31.2 Å². The van der Waals surface area contributed by atoms with Gasteiger partial charge in [-0.2, -0.15) is 0 Å². The van der Waals surface area contributed by atoms with E-state index in [9.17, 15) is 4.79 Å². The van der Waals surface area contributed by atoms with E-state index in [0.717, 1.165) is 51.5 Å². The van der Waals surface area contributed by atoms with Gasteiger partial charge in [0.15, 0.2) is 5.96 Å². The molecule has 156 valence electrons. The Bertz CT molecular complexity index is 682. The number of carbonyl (C=O) groups is 1. The lowest BCUT2D eigenvalue weighted by atomic mass is 9.99. The summed E-state index contributed by atoms with van der Waals surface area (Å²) in [5.41, 5.74) is 2.96. The summed E-state index contributed by atoms with van der Waals surface area (Å²) in [5.74, 6) is 0.981. The number of benzene rings is 1. The van der Waals surface area contributed by atoms with E-state index in [1.807, 2.05) is 0 Å². The van der Waals surface area contributed by atoms with E-state index >= 15 is 0 Å². The Morgan fingerprint density at radius 2 is 2.04 bits per heavy atom. The van der Waals surface area contributed by atoms with E-state index in [1.165, 1.54) is 18.2 Å². The average Bonchev–Trinajstić information content (AvgIpc) is 3.08. The van der Waals surface area contributed by atoms with Crippen LogP contribution in [0.5, 0.6) is 0 Å². The van der Waals surface area contributed by atoms with Crippen molar-refractivity contribution in [3.05, 3.63) is 35.4 Å². The smallest absolute Gasteiger partial charge is 0.310 e. The molecule has 1 aromatic rings. The van der Waals surface area contributed by atoms with Gasteiger partial charge in [-0.3, -0.25) is 14.7 Å². The fourth-order valence-corrected chi connectivity index (χ4v) is 4.18. The van der Waals surface area contributed by atoms with Crippen LogP contribution in [0, 0.1) is 11.8 Å². The molecule has 7 heteroatoms. The van der Waals surface area contributed by atoms with Crippen LogP contribution in [0.25, 0.3) is 0 Å². The van der Waals surface area contributed by atoms with Crippen LogP contribution in [-0.4, -0.2) is 68.6 Å². The number of rotatable bonds is 5. The number of likely N-dealkylation sites (tertiary alicyclic amines) is 1. The third-order valence-electron chi connectivity index (χ3n) is 5.77. The molecular weight excluding hydrogens is 467 g/mol. The van der Waals surface area contributed by atoms with E-state index in [0.29, 0.717) is 6.54 Å². The van der Waals surface area contributed by atoms with Gasteiger partial charge >= 0.3 is 5.97 Å². The van der Waals surface area contributed by atoms with Crippen LogP contribution in [0.15, 0.2) is 29.3 Å². The lowest BCUT2D eigenvalue weighted by Crippen LogP contribution is -2.42. The molecule has 1 N–H and O–H groups in total. The molecule has 1 saturated heterocycles. The number of aliphatic imine (C=N–C) groups is 1. The van der Waals surface area contributed by atoms with Gasteiger partial charge in [0.05, 0.1) is 13.0 Å². The molecule has 2 atom stereocenters. The minimum absolute atomic E-state index is 0. The Kier molecular flexibility index (Phi) is 9.01. The first-order chi connectivity index (χ1) is 13.1. The van der Waals surface area contributed by atoms with Crippen LogP contribution in [0.2, 0.25) is 0 Å². The quantitative estimate of drug-likeness (QED) is 0.221. The molecule has 0 amide bonds. The van der Waals surface area contributed by atoms with Crippen LogP contribution in [0.4, 0.5) is 0 Å². The van der Waals surface area contributed by atoms with Crippen molar-refractivity contribution < 1.29 is 9.53 Å². The Morgan fingerprint density at radius 1 is 1.29 bits per heavy atom. The van der Waals surface area contributed by atoms with Gasteiger partial charge in [-0.25, -0.2) is 0 Å². The molecule has 1 aromatic carbocycles. The zero-order valence-corrected chi connectivity index (χ0v) is 19.5. The van der Waals surface area contributed by atoms with E-state index < -0.39 is 0 Å². The zero-order chi connectivity index (χ0) is 19.2. The highest BCUT2D eigenvalue weighted by atomic mass is 127. The normalized spacial score (nSPS) is 22.4. The van der Waals surface area contributed by atoms with Crippen LogP contribution in [0.3, 0.4) is 0 Å². The number of hydrogen-bond donors (Lipinski definition) is 1. The molecule has 0 aliphatic carbocycles. The van der Waals surface area contributed by atoms with Gasteiger partial charge in [-0.05, 0) is 29.9 Å². The third kappa shape index (κ3) is 5.59. The second-order valence-electron chi connectivity index (χ2n) is 7.63. The van der Waals surface area contributed by atoms with Crippen LogP contribution in [0.1, 0.15) is 24.5 Å². The number of nitrogens with one attached hydrogen (secondary N) is 1. The molecular formula is C21H33IN4O2. The molecule has 2 aliphatic heterocycles. The van der Waals surface area contributed by atoms with Crippen LogP contribution >= 0.6 is 24.0 Å². The molecule has 0 aromatic heterocycles. The first kappa shape index (κ1) is 22.9. The van der Waals surface area contributed by atoms with Crippen molar-refractivity contribution in [3.8, 4) is 0 Å². The number of esters is 1. The fourth-order valence-electron chi connectivity index (χ4n) is 4.18. The number of guanidine groups is 1. The average molecular weight is 500 g/mol. The number of nitrogens with zero attached hydrogens (tertiary/aromatic N) is 3. The summed E-state index contributed by atoms with van der Waals surface area (Å²) in [6, 6.07) is 8.76. The Balaban J connectivity index is 0.00000280. The second-order valence-corrected chi connectivity index (χ2v) is 7.63. The summed E-state index contributed by atoms with van der Waals surface area (Å²) in [6.45, 7) is 7.77. The maximum absolute atomic E-state index is 11.9. The van der Waals surface area contributed by atoms with Crippen molar-refractivity contribution in [2.24, 2.45) is 16.8 Å². The molecule has 1 fully saturated rings. The summed E-state index contributed by atoms with van der Waals surface area (Å²) in [5, 5.41) is 3.47. The molecule has 28 heavy (non-hydrogen) atoms. The summed E-state index contributed by atoms with van der Waals surface area (Å²) >= 11 is 0. The first-order valence-corrected chi connectivity index (χ1v) is 9.95. The summed E-state index contributed by atoms with van der Waals surface area (Å²) in [4.78, 5) is 21.0. The van der Waals surface area contributed by atoms with Crippen molar-refractivity contribution in [3.63, 3.8) is 0 Å². The highest BCUT2D eigenvalue weighted by Gasteiger charge is 2.36. The molecule has 0 spiro atoms. The van der Waals surface area contributed by atoms with Gasteiger partial charge in [0.1, 0.15) is 0 Å². The monoisotopic (exact) mass is 500 g/mol. The Labute approximate surface area is 185 Å². The van der Waals surface area contributed by atoms with E-state index in [4.69, 9.17) is 4.74 Å². The number of carbonyl (C=O) groups excluding carboxylic acids is 1. The van der Waals surface area contributed by atoms with Crippen molar-refractivity contribution in [1.82, 2.24) is 15.1 Å². The molecule has 6 nitrogen and oxygen atoms in total. The van der Waals surface area contributed by atoms with E-state index in [-0.39, 0.29) is 41.8 Å². The minimum Gasteiger partial charge on any atom is -0.469 e. The van der Waals surface area contributed by atoms with Gasteiger partial charge in [0, 0.05) is 46.3 Å². The van der Waals surface area contributed by atoms with Crippen LogP contribution in [-0.2, 0) is 22.5 Å². The topological polar surface area (TPSA) is 57.2 Å². The fraction of sp³-hybridized carbons (Fsp3) is 0.619. The molecule has 0 saturated carbocycles. The van der Waals surface area contributed by atoms with Crippen molar-refractivity contribution >= 4 is 35.9 Å². The predicted molar refractivity (Wildman–Crippen MR) is 123 cm³/mol. The highest BCUT2D eigenvalue weighted by Crippen LogP contribution is 2.24. The minimum atomic E-state index is -0.120. The molecule has 0 bridgehead atoms. The highest BCUT2D eigenvalue weighted by molar-refractivity contribution is 14.0. The van der Waals surface area contributed by atoms with E-state index in [2.05, 4.69) is 51.3 Å². The first-order valence-electron chi connectivity index (χ1n) is 9.95. The SMILES string of the molecule is CN=C(NCCCN1CCc2ccccc2C1)N1CC(C)C(C(=O)OC)C1.I. The lowest BCUT2D eigenvalue weighted by molar-refractivity contribution is -0.145. The summed E-state index contributed by atoms with van der Waals surface area (Å²) in [6.07, 6.45) is 2.22. The Hall–Kier alpha value is -1.35. The largest absolute Gasteiger partial charge is 0.469 e. The number of ether oxygens (including phenoxy) is 1. The third-order valence-corrected chi connectivity index (χ3v) is 5.77. The van der Waals surface area contributed by atoms with Gasteiger partial charge in [-0.15, -0.1) is 24.0 Å². The second kappa shape index (κ2) is 11.0. The molecule has 2 aliphatic rings. The number of hydrogen-bond acceptors (Lipinski definition) is 4. The van der Waals surface area contributed by atoms with E-state index in [1.54, 1.807) is 7.05 Å². The number of halogens is 1. The standard InChI is InChI=1S/C21H32N4O2.HI/c1-16-13-25(15-19(16)20(26)27-3)21(22-2)23-10-6-11-24-12-9-17-7-4-5-8-18(17)14-24;/h4-5,7-8,16,19H,6,9-15H2,1-3H3,(H,22,23);1H. The van der Waals surface area contributed by atoms with Crippen molar-refractivity contribution in [1.29, 1.82) is 0 Å². The summed E-state index contributed by atoms with van der Waals surface area (Å²) in [7, 11) is 3.27. The predicted octanol–water partition coefficient (Wildman–Crippen LogP) is 2.37. The van der Waals surface area contributed by atoms with Crippen LogP contribution < -0.4 is 5.32 Å². The van der Waals surface area contributed by atoms with Gasteiger partial charge in [0.25, 0.3) is 0 Å². The molecule has 2 heterocycles. The molecule has 2 unspecified atom stereocenters. The molecule has 3 rings (SSSR count). The summed E-state index contributed by atoms with van der Waals surface area (Å²) < 4.78 is 4.93. The maximum Gasteiger partial charge on any atom is 0.310 e. The number of fused-ring (bicyclic) bond motifs is 1. The zero-order valence-electron chi connectivity index (χ0n) is 17.2. The maximum atomic E-state index is 11.9. The lowest BCUT2D eigenvalue weighted by Gasteiger charge is -2.29.